The number of hydrogen-bond donors (Lipinski definition) is 1. The lowest BCUT2D eigenvalue weighted by Crippen LogP contribution is -2.38. The molecule has 0 saturated carbocycles. The molecule has 122 valence electrons. The van der Waals surface area contributed by atoms with Gasteiger partial charge in [-0.3, -0.25) is 0 Å². The zero-order valence-electron chi connectivity index (χ0n) is 13.4. The van der Waals surface area contributed by atoms with E-state index in [-0.39, 0.29) is 24.0 Å². The van der Waals surface area contributed by atoms with Crippen molar-refractivity contribution in [1.82, 2.24) is 24.9 Å². The Hall–Kier alpha value is -1.58. The largest absolute Gasteiger partial charge is 0.357 e. The number of nitrogens with one attached hydrogen (secondary N) is 1. The van der Waals surface area contributed by atoms with Crippen molar-refractivity contribution in [2.24, 2.45) is 12.0 Å². The SMILES string of the molecule is CCNC(=NCc1nc(C)no1)N(C)Cc1cccn1C.I. The molecule has 22 heavy (non-hydrogen) atoms. The molecule has 0 aromatic carbocycles. The van der Waals surface area contributed by atoms with Crippen molar-refractivity contribution in [2.75, 3.05) is 13.6 Å². The quantitative estimate of drug-likeness (QED) is 0.457. The summed E-state index contributed by atoms with van der Waals surface area (Å²) in [6, 6.07) is 4.13. The summed E-state index contributed by atoms with van der Waals surface area (Å²) in [6.07, 6.45) is 2.04. The van der Waals surface area contributed by atoms with Crippen LogP contribution in [0.4, 0.5) is 0 Å². The minimum absolute atomic E-state index is 0. The first-order valence-electron chi connectivity index (χ1n) is 6.99. The summed E-state index contributed by atoms with van der Waals surface area (Å²) in [5, 5.41) is 7.03. The van der Waals surface area contributed by atoms with Crippen LogP contribution in [0.25, 0.3) is 0 Å². The van der Waals surface area contributed by atoms with Gasteiger partial charge in [-0.2, -0.15) is 4.98 Å². The number of aryl methyl sites for hydroxylation is 2. The normalized spacial score (nSPS) is 11.2. The predicted molar refractivity (Wildman–Crippen MR) is 96.1 cm³/mol. The van der Waals surface area contributed by atoms with E-state index in [0.29, 0.717) is 18.3 Å². The second-order valence-corrected chi connectivity index (χ2v) is 4.87. The molecule has 0 atom stereocenters. The first kappa shape index (κ1) is 18.5. The first-order chi connectivity index (χ1) is 10.1. The molecule has 0 amide bonds. The lowest BCUT2D eigenvalue weighted by Gasteiger charge is -2.22. The predicted octanol–water partition coefficient (Wildman–Crippen LogP) is 1.93. The highest BCUT2D eigenvalue weighted by atomic mass is 127. The number of halogens is 1. The van der Waals surface area contributed by atoms with Gasteiger partial charge in [-0.05, 0) is 26.0 Å². The van der Waals surface area contributed by atoms with Gasteiger partial charge in [0.05, 0.1) is 6.54 Å². The number of nitrogens with zero attached hydrogens (tertiary/aromatic N) is 5. The summed E-state index contributed by atoms with van der Waals surface area (Å²) in [5.41, 5.74) is 1.22. The van der Waals surface area contributed by atoms with E-state index in [9.17, 15) is 0 Å². The maximum Gasteiger partial charge on any atom is 0.248 e. The zero-order chi connectivity index (χ0) is 15.2. The van der Waals surface area contributed by atoms with Crippen molar-refractivity contribution in [3.63, 3.8) is 0 Å². The third-order valence-electron chi connectivity index (χ3n) is 3.08. The summed E-state index contributed by atoms with van der Waals surface area (Å²) < 4.78 is 7.18. The van der Waals surface area contributed by atoms with Crippen molar-refractivity contribution < 1.29 is 4.52 Å². The Labute approximate surface area is 147 Å². The Bertz CT molecular complexity index is 606. The molecule has 0 aliphatic rings. The van der Waals surface area contributed by atoms with Crippen LogP contribution in [0.3, 0.4) is 0 Å². The highest BCUT2D eigenvalue weighted by molar-refractivity contribution is 14.0. The van der Waals surface area contributed by atoms with E-state index < -0.39 is 0 Å². The summed E-state index contributed by atoms with van der Waals surface area (Å²) in [7, 11) is 4.04. The van der Waals surface area contributed by atoms with Crippen LogP contribution in [-0.4, -0.2) is 39.2 Å². The van der Waals surface area contributed by atoms with Crippen molar-refractivity contribution in [1.29, 1.82) is 0 Å². The van der Waals surface area contributed by atoms with E-state index in [1.54, 1.807) is 6.92 Å². The molecule has 2 rings (SSSR count). The van der Waals surface area contributed by atoms with Crippen LogP contribution in [0.1, 0.15) is 24.3 Å². The monoisotopic (exact) mass is 418 g/mol. The average Bonchev–Trinajstić information content (AvgIpc) is 3.04. The molecule has 0 fully saturated rings. The fourth-order valence-corrected chi connectivity index (χ4v) is 2.00. The first-order valence-corrected chi connectivity index (χ1v) is 6.99. The fourth-order valence-electron chi connectivity index (χ4n) is 2.00. The highest BCUT2D eigenvalue weighted by Gasteiger charge is 2.09. The van der Waals surface area contributed by atoms with E-state index in [2.05, 4.69) is 36.0 Å². The van der Waals surface area contributed by atoms with Gasteiger partial charge in [-0.25, -0.2) is 4.99 Å². The van der Waals surface area contributed by atoms with Crippen LogP contribution < -0.4 is 5.32 Å². The molecule has 0 unspecified atom stereocenters. The van der Waals surface area contributed by atoms with Gasteiger partial charge >= 0.3 is 0 Å². The maximum absolute atomic E-state index is 5.08. The molecule has 0 spiro atoms. The molecule has 7 nitrogen and oxygen atoms in total. The van der Waals surface area contributed by atoms with Crippen molar-refractivity contribution in [3.8, 4) is 0 Å². The van der Waals surface area contributed by atoms with Gasteiger partial charge < -0.3 is 19.3 Å². The lowest BCUT2D eigenvalue weighted by atomic mass is 10.4. The molecule has 2 aromatic heterocycles. The molecular weight excluding hydrogens is 395 g/mol. The van der Waals surface area contributed by atoms with Gasteiger partial charge in [0.15, 0.2) is 11.8 Å². The van der Waals surface area contributed by atoms with Crippen molar-refractivity contribution in [3.05, 3.63) is 35.7 Å². The summed E-state index contributed by atoms with van der Waals surface area (Å²) >= 11 is 0. The van der Waals surface area contributed by atoms with Gasteiger partial charge in [-0.1, -0.05) is 5.16 Å². The summed E-state index contributed by atoms with van der Waals surface area (Å²) in [4.78, 5) is 10.8. The molecule has 0 radical (unpaired) electrons. The molecule has 0 bridgehead atoms. The summed E-state index contributed by atoms with van der Waals surface area (Å²) in [6.45, 7) is 5.80. The van der Waals surface area contributed by atoms with Crippen LogP contribution in [0.5, 0.6) is 0 Å². The molecule has 2 heterocycles. The lowest BCUT2D eigenvalue weighted by molar-refractivity contribution is 0.375. The zero-order valence-corrected chi connectivity index (χ0v) is 15.7. The van der Waals surface area contributed by atoms with Crippen molar-refractivity contribution in [2.45, 2.75) is 26.9 Å². The van der Waals surface area contributed by atoms with Gasteiger partial charge in [-0.15, -0.1) is 24.0 Å². The minimum atomic E-state index is 0. The van der Waals surface area contributed by atoms with Gasteiger partial charge in [0.2, 0.25) is 5.89 Å². The average molecular weight is 418 g/mol. The number of guanidine groups is 1. The van der Waals surface area contributed by atoms with E-state index in [1.807, 2.05) is 33.3 Å². The smallest absolute Gasteiger partial charge is 0.248 e. The molecule has 1 N–H and O–H groups in total. The Morgan fingerprint density at radius 2 is 2.27 bits per heavy atom. The molecule has 2 aromatic rings. The second kappa shape index (κ2) is 8.76. The Morgan fingerprint density at radius 3 is 2.82 bits per heavy atom. The highest BCUT2D eigenvalue weighted by Crippen LogP contribution is 2.05. The number of aromatic nitrogens is 3. The van der Waals surface area contributed by atoms with Crippen LogP contribution >= 0.6 is 24.0 Å². The molecule has 0 aliphatic carbocycles. The van der Waals surface area contributed by atoms with Crippen LogP contribution in [-0.2, 0) is 20.1 Å². The van der Waals surface area contributed by atoms with Gasteiger partial charge in [0.25, 0.3) is 0 Å². The standard InChI is InChI=1S/C14H22N6O.HI/c1-5-15-14(16-9-13-17-11(2)18-21-13)20(4)10-12-7-6-8-19(12)3;/h6-8H,5,9-10H2,1-4H3,(H,15,16);1H. The molecule has 0 saturated heterocycles. The molecule has 0 aliphatic heterocycles. The molecular formula is C14H23IN6O. The van der Waals surface area contributed by atoms with Crippen LogP contribution in [0.15, 0.2) is 27.8 Å². The second-order valence-electron chi connectivity index (χ2n) is 4.87. The van der Waals surface area contributed by atoms with Gasteiger partial charge in [0, 0.05) is 32.5 Å². The van der Waals surface area contributed by atoms with E-state index >= 15 is 0 Å². The Kier molecular flexibility index (Phi) is 7.36. The van der Waals surface area contributed by atoms with Crippen molar-refractivity contribution >= 4 is 29.9 Å². The summed E-state index contributed by atoms with van der Waals surface area (Å²) in [5.74, 6) is 1.96. The third kappa shape index (κ3) is 5.00. The van der Waals surface area contributed by atoms with E-state index in [1.165, 1.54) is 5.69 Å². The maximum atomic E-state index is 5.08. The molecule has 8 heteroatoms. The number of aliphatic imine (C=N–C) groups is 1. The fraction of sp³-hybridized carbons (Fsp3) is 0.500. The Morgan fingerprint density at radius 1 is 1.50 bits per heavy atom. The minimum Gasteiger partial charge on any atom is -0.357 e. The third-order valence-corrected chi connectivity index (χ3v) is 3.08. The van der Waals surface area contributed by atoms with Crippen LogP contribution in [0, 0.1) is 6.92 Å². The van der Waals surface area contributed by atoms with E-state index in [4.69, 9.17) is 4.52 Å². The van der Waals surface area contributed by atoms with E-state index in [0.717, 1.165) is 19.0 Å². The number of hydrogen-bond acceptors (Lipinski definition) is 4. The topological polar surface area (TPSA) is 71.5 Å². The Balaban J connectivity index is 0.00000242. The number of rotatable bonds is 5. The van der Waals surface area contributed by atoms with Crippen LogP contribution in [0.2, 0.25) is 0 Å². The van der Waals surface area contributed by atoms with Gasteiger partial charge in [0.1, 0.15) is 6.54 Å².